The van der Waals surface area contributed by atoms with Crippen LogP contribution >= 0.6 is 0 Å². The normalized spacial score (nSPS) is 24.1. The maximum absolute atomic E-state index is 11.7. The van der Waals surface area contributed by atoms with Gasteiger partial charge in [0.25, 0.3) is 0 Å². The number of sulfonamides is 1. The molecule has 0 aromatic heterocycles. The molecule has 2 unspecified atom stereocenters. The van der Waals surface area contributed by atoms with Gasteiger partial charge in [-0.2, -0.15) is 0 Å². The van der Waals surface area contributed by atoms with E-state index >= 15 is 0 Å². The molecule has 1 fully saturated rings. The third-order valence-corrected chi connectivity index (χ3v) is 4.80. The molecule has 1 saturated carbocycles. The molecule has 1 rings (SSSR count). The fraction of sp³-hybridized carbons (Fsp3) is 0.917. The Hall–Kier alpha value is -0.660. The number of aliphatic hydroxyl groups is 1. The molecular formula is C12H23NO5S. The lowest BCUT2D eigenvalue weighted by molar-refractivity contribution is -0.140. The van der Waals surface area contributed by atoms with Crippen LogP contribution in [0.4, 0.5) is 0 Å². The number of carbonyl (C=O) groups is 1. The van der Waals surface area contributed by atoms with E-state index in [1.54, 1.807) is 0 Å². The van der Waals surface area contributed by atoms with E-state index in [2.05, 4.69) is 9.46 Å². The molecule has 0 spiro atoms. The van der Waals surface area contributed by atoms with Gasteiger partial charge in [0.15, 0.2) is 0 Å². The molecule has 0 aliphatic heterocycles. The second-order valence-corrected chi connectivity index (χ2v) is 6.96. The molecule has 7 heteroatoms. The molecule has 0 heterocycles. The van der Waals surface area contributed by atoms with Crippen molar-refractivity contribution in [3.63, 3.8) is 0 Å². The largest absolute Gasteiger partial charge is 0.469 e. The summed E-state index contributed by atoms with van der Waals surface area (Å²) in [4.78, 5) is 10.9. The summed E-state index contributed by atoms with van der Waals surface area (Å²) in [5, 5.41) is 9.51. The summed E-state index contributed by atoms with van der Waals surface area (Å²) in [7, 11) is -2.06. The predicted octanol–water partition coefficient (Wildman–Crippen LogP) is 0.410. The van der Waals surface area contributed by atoms with Crippen LogP contribution in [0, 0.1) is 5.92 Å². The van der Waals surface area contributed by atoms with E-state index in [9.17, 15) is 18.3 Å². The summed E-state index contributed by atoms with van der Waals surface area (Å²) >= 11 is 0. The predicted molar refractivity (Wildman–Crippen MR) is 71.0 cm³/mol. The fourth-order valence-corrected chi connectivity index (χ4v) is 3.43. The average Bonchev–Trinajstić information content (AvgIpc) is 2.36. The molecule has 0 bridgehead atoms. The number of rotatable bonds is 7. The van der Waals surface area contributed by atoms with Crippen LogP contribution in [0.5, 0.6) is 0 Å². The molecule has 0 saturated heterocycles. The summed E-state index contributed by atoms with van der Waals surface area (Å²) < 4.78 is 30.4. The number of methoxy groups -OCH3 is 1. The van der Waals surface area contributed by atoms with Crippen molar-refractivity contribution in [3.05, 3.63) is 0 Å². The van der Waals surface area contributed by atoms with Crippen molar-refractivity contribution in [1.82, 2.24) is 4.72 Å². The second kappa shape index (κ2) is 7.81. The first-order valence-corrected chi connectivity index (χ1v) is 8.30. The Balaban J connectivity index is 2.24. The van der Waals surface area contributed by atoms with Crippen molar-refractivity contribution in [2.75, 3.05) is 19.4 Å². The van der Waals surface area contributed by atoms with Gasteiger partial charge in [0.05, 0.1) is 19.0 Å². The van der Waals surface area contributed by atoms with Crippen molar-refractivity contribution < 1.29 is 23.1 Å². The highest BCUT2D eigenvalue weighted by Crippen LogP contribution is 2.23. The Morgan fingerprint density at radius 3 is 2.79 bits per heavy atom. The topological polar surface area (TPSA) is 92.7 Å². The smallest absolute Gasteiger partial charge is 0.305 e. The number of hydrogen-bond donors (Lipinski definition) is 2. The van der Waals surface area contributed by atoms with Crippen LogP contribution in [0.3, 0.4) is 0 Å². The van der Waals surface area contributed by atoms with Gasteiger partial charge in [-0.15, -0.1) is 0 Å². The van der Waals surface area contributed by atoms with Gasteiger partial charge in [0.2, 0.25) is 10.0 Å². The molecule has 1 aliphatic carbocycles. The first-order chi connectivity index (χ1) is 8.93. The molecule has 6 nitrogen and oxygen atoms in total. The van der Waals surface area contributed by atoms with Gasteiger partial charge in [-0.1, -0.05) is 6.42 Å². The first-order valence-electron chi connectivity index (χ1n) is 6.65. The summed E-state index contributed by atoms with van der Waals surface area (Å²) in [5.41, 5.74) is 0. The number of ether oxygens (including phenoxy) is 1. The third-order valence-electron chi connectivity index (χ3n) is 3.37. The van der Waals surface area contributed by atoms with E-state index < -0.39 is 16.0 Å². The van der Waals surface area contributed by atoms with E-state index in [1.807, 2.05) is 0 Å². The molecule has 0 aromatic rings. The zero-order chi connectivity index (χ0) is 14.3. The highest BCUT2D eigenvalue weighted by atomic mass is 32.2. The standard InChI is InChI=1S/C12H23NO5S/c1-18-12(15)6-3-7-19(16,17)13-9-10-4-2-5-11(14)8-10/h10-11,13-14H,2-9H2,1H3. The van der Waals surface area contributed by atoms with Crippen molar-refractivity contribution in [1.29, 1.82) is 0 Å². The molecular weight excluding hydrogens is 270 g/mol. The quantitative estimate of drug-likeness (QED) is 0.663. The summed E-state index contributed by atoms with van der Waals surface area (Å²) in [6, 6.07) is 0. The summed E-state index contributed by atoms with van der Waals surface area (Å²) in [6.45, 7) is 0.373. The molecule has 19 heavy (non-hydrogen) atoms. The molecule has 2 atom stereocenters. The first kappa shape index (κ1) is 16.4. The Morgan fingerprint density at radius 1 is 1.42 bits per heavy atom. The number of esters is 1. The minimum atomic E-state index is -3.34. The van der Waals surface area contributed by atoms with Crippen LogP contribution in [-0.4, -0.2) is 45.0 Å². The van der Waals surface area contributed by atoms with Gasteiger partial charge in [-0.05, 0) is 31.6 Å². The van der Waals surface area contributed by atoms with Crippen LogP contribution in [-0.2, 0) is 19.6 Å². The molecule has 0 amide bonds. The molecule has 2 N–H and O–H groups in total. The SMILES string of the molecule is COC(=O)CCCS(=O)(=O)NCC1CCCC(O)C1. The third kappa shape index (κ3) is 6.89. The number of nitrogens with one attached hydrogen (secondary N) is 1. The van der Waals surface area contributed by atoms with Gasteiger partial charge in [-0.3, -0.25) is 4.79 Å². The van der Waals surface area contributed by atoms with Crippen molar-refractivity contribution in [3.8, 4) is 0 Å². The van der Waals surface area contributed by atoms with Gasteiger partial charge < -0.3 is 9.84 Å². The lowest BCUT2D eigenvalue weighted by atomic mass is 9.87. The van der Waals surface area contributed by atoms with E-state index in [-0.39, 0.29) is 30.6 Å². The Bertz CT molecular complexity index is 382. The summed E-state index contributed by atoms with van der Waals surface area (Å²) in [5.74, 6) is -0.262. The van der Waals surface area contributed by atoms with E-state index in [1.165, 1.54) is 7.11 Å². The average molecular weight is 293 g/mol. The minimum absolute atomic E-state index is 0.0721. The van der Waals surface area contributed by atoms with Crippen LogP contribution in [0.25, 0.3) is 0 Å². The molecule has 0 radical (unpaired) electrons. The van der Waals surface area contributed by atoms with Crippen LogP contribution in [0.15, 0.2) is 0 Å². The van der Waals surface area contributed by atoms with Crippen LogP contribution in [0.2, 0.25) is 0 Å². The van der Waals surface area contributed by atoms with Crippen molar-refractivity contribution in [2.24, 2.45) is 5.92 Å². The zero-order valence-electron chi connectivity index (χ0n) is 11.3. The van der Waals surface area contributed by atoms with Crippen LogP contribution in [0.1, 0.15) is 38.5 Å². The monoisotopic (exact) mass is 293 g/mol. The molecule has 1 aliphatic rings. The molecule has 112 valence electrons. The summed E-state index contributed by atoms with van der Waals surface area (Å²) in [6.07, 6.45) is 3.42. The lowest BCUT2D eigenvalue weighted by Gasteiger charge is -2.25. The maximum Gasteiger partial charge on any atom is 0.305 e. The Kier molecular flexibility index (Phi) is 6.74. The maximum atomic E-state index is 11.7. The lowest BCUT2D eigenvalue weighted by Crippen LogP contribution is -2.34. The van der Waals surface area contributed by atoms with Crippen LogP contribution < -0.4 is 4.72 Å². The van der Waals surface area contributed by atoms with Gasteiger partial charge in [0, 0.05) is 13.0 Å². The van der Waals surface area contributed by atoms with E-state index in [0.717, 1.165) is 19.3 Å². The highest BCUT2D eigenvalue weighted by molar-refractivity contribution is 7.89. The number of aliphatic hydroxyl groups excluding tert-OH is 1. The van der Waals surface area contributed by atoms with E-state index in [4.69, 9.17) is 0 Å². The highest BCUT2D eigenvalue weighted by Gasteiger charge is 2.21. The van der Waals surface area contributed by atoms with Crippen molar-refractivity contribution in [2.45, 2.75) is 44.6 Å². The van der Waals surface area contributed by atoms with Gasteiger partial charge in [0.1, 0.15) is 0 Å². The second-order valence-electron chi connectivity index (χ2n) is 5.03. The molecule has 0 aromatic carbocycles. The fourth-order valence-electron chi connectivity index (χ4n) is 2.27. The Morgan fingerprint density at radius 2 is 2.16 bits per heavy atom. The number of hydrogen-bond acceptors (Lipinski definition) is 5. The zero-order valence-corrected chi connectivity index (χ0v) is 12.1. The van der Waals surface area contributed by atoms with Crippen molar-refractivity contribution >= 4 is 16.0 Å². The Labute approximate surface area is 114 Å². The minimum Gasteiger partial charge on any atom is -0.469 e. The number of carbonyl (C=O) groups excluding carboxylic acids is 1. The van der Waals surface area contributed by atoms with Gasteiger partial charge >= 0.3 is 5.97 Å². The van der Waals surface area contributed by atoms with E-state index in [0.29, 0.717) is 13.0 Å². The van der Waals surface area contributed by atoms with Gasteiger partial charge in [-0.25, -0.2) is 13.1 Å².